The van der Waals surface area contributed by atoms with Gasteiger partial charge in [0.1, 0.15) is 5.75 Å². The number of aromatic nitrogens is 1. The predicted octanol–water partition coefficient (Wildman–Crippen LogP) is 5.16. The summed E-state index contributed by atoms with van der Waals surface area (Å²) in [5.41, 5.74) is 2.18. The molecule has 2 atom stereocenters. The van der Waals surface area contributed by atoms with Crippen molar-refractivity contribution in [3.05, 3.63) is 45.4 Å². The Labute approximate surface area is 165 Å². The molecule has 0 spiro atoms. The number of carbonyl (C=O) groups excluding carboxylic acids is 1. The third-order valence-electron chi connectivity index (χ3n) is 5.19. The second-order valence-corrected chi connectivity index (χ2v) is 8.42. The lowest BCUT2D eigenvalue weighted by atomic mass is 10.0. The summed E-state index contributed by atoms with van der Waals surface area (Å²) in [6.07, 6.45) is 4.35. The van der Waals surface area contributed by atoms with E-state index in [0.29, 0.717) is 0 Å². The highest BCUT2D eigenvalue weighted by Crippen LogP contribution is 2.32. The molecule has 146 valence electrons. The Kier molecular flexibility index (Phi) is 6.37. The third kappa shape index (κ3) is 4.61. The van der Waals surface area contributed by atoms with E-state index >= 15 is 0 Å². The molecule has 1 aliphatic rings. The average molecular weight is 388 g/mol. The molecule has 6 heteroatoms. The van der Waals surface area contributed by atoms with Crippen molar-refractivity contribution in [1.82, 2.24) is 15.2 Å². The first-order valence-corrected chi connectivity index (χ1v) is 10.5. The molecule has 0 saturated carbocycles. The first-order chi connectivity index (χ1) is 13.0. The highest BCUT2D eigenvalue weighted by atomic mass is 32.1. The van der Waals surface area contributed by atoms with Gasteiger partial charge in [-0.25, -0.2) is 9.78 Å². The molecule has 1 N–H and O–H groups in total. The maximum atomic E-state index is 13.1. The molecule has 0 bridgehead atoms. The molecule has 1 aromatic heterocycles. The van der Waals surface area contributed by atoms with Crippen molar-refractivity contribution in [3.63, 3.8) is 0 Å². The molecule has 2 heterocycles. The Morgan fingerprint density at radius 3 is 2.63 bits per heavy atom. The summed E-state index contributed by atoms with van der Waals surface area (Å²) in [5, 5.41) is 4.24. The van der Waals surface area contributed by atoms with Crippen LogP contribution in [0.15, 0.2) is 24.3 Å². The smallest absolute Gasteiger partial charge is 0.318 e. The van der Waals surface area contributed by atoms with Crippen LogP contribution in [0.2, 0.25) is 0 Å². The van der Waals surface area contributed by atoms with Gasteiger partial charge in [0, 0.05) is 11.4 Å². The van der Waals surface area contributed by atoms with Crippen LogP contribution in [0.5, 0.6) is 5.75 Å². The van der Waals surface area contributed by atoms with Crippen LogP contribution in [0.3, 0.4) is 0 Å². The van der Waals surface area contributed by atoms with E-state index in [1.54, 1.807) is 18.4 Å². The third-order valence-corrected chi connectivity index (χ3v) is 6.44. The quantitative estimate of drug-likeness (QED) is 0.789. The zero-order chi connectivity index (χ0) is 19.4. The minimum absolute atomic E-state index is 0.00988. The number of nitrogens with zero attached hydrogens (tertiary/aromatic N) is 2. The summed E-state index contributed by atoms with van der Waals surface area (Å²) in [4.78, 5) is 20.8. The minimum atomic E-state index is -0.0385. The van der Waals surface area contributed by atoms with E-state index in [0.717, 1.165) is 47.1 Å². The minimum Gasteiger partial charge on any atom is -0.497 e. The van der Waals surface area contributed by atoms with E-state index < -0.39 is 0 Å². The number of benzene rings is 1. The highest BCUT2D eigenvalue weighted by molar-refractivity contribution is 7.11. The van der Waals surface area contributed by atoms with Gasteiger partial charge in [-0.3, -0.25) is 0 Å². The van der Waals surface area contributed by atoms with Gasteiger partial charge in [-0.2, -0.15) is 0 Å². The highest BCUT2D eigenvalue weighted by Gasteiger charge is 2.28. The molecule has 1 aliphatic heterocycles. The molecule has 27 heavy (non-hydrogen) atoms. The summed E-state index contributed by atoms with van der Waals surface area (Å²) < 4.78 is 5.27. The molecule has 1 aromatic carbocycles. The molecule has 3 rings (SSSR count). The lowest BCUT2D eigenvalue weighted by Crippen LogP contribution is -2.43. The maximum Gasteiger partial charge on any atom is 0.318 e. The average Bonchev–Trinajstić information content (AvgIpc) is 2.86. The van der Waals surface area contributed by atoms with Gasteiger partial charge < -0.3 is 15.0 Å². The number of hydrogen-bond donors (Lipinski definition) is 1. The zero-order valence-electron chi connectivity index (χ0n) is 16.6. The number of likely N-dealkylation sites (tertiary alicyclic amines) is 1. The number of carbonyl (C=O) groups is 1. The standard InChI is InChI=1S/C21H29N3O2S/c1-14-20(27-16(3)22-14)15(2)23-21(25)24-13-7-5-6-8-19(24)17-9-11-18(26-4)12-10-17/h9-12,15,19H,5-8,13H2,1-4H3,(H,23,25)/t15-,19-/m0/s1. The Morgan fingerprint density at radius 2 is 2.00 bits per heavy atom. The van der Waals surface area contributed by atoms with Crippen molar-refractivity contribution in [3.8, 4) is 5.75 Å². The molecule has 1 saturated heterocycles. The van der Waals surface area contributed by atoms with Crippen LogP contribution < -0.4 is 10.1 Å². The fraction of sp³-hybridized carbons (Fsp3) is 0.524. The lowest BCUT2D eigenvalue weighted by Gasteiger charge is -2.31. The van der Waals surface area contributed by atoms with Crippen LogP contribution in [0, 0.1) is 13.8 Å². The number of amides is 2. The van der Waals surface area contributed by atoms with Crippen LogP contribution in [-0.2, 0) is 0 Å². The number of thiazole rings is 1. The van der Waals surface area contributed by atoms with E-state index in [-0.39, 0.29) is 18.1 Å². The molecule has 0 unspecified atom stereocenters. The van der Waals surface area contributed by atoms with Crippen molar-refractivity contribution in [2.75, 3.05) is 13.7 Å². The number of nitrogens with one attached hydrogen (secondary N) is 1. The van der Waals surface area contributed by atoms with Gasteiger partial charge in [0.15, 0.2) is 0 Å². The van der Waals surface area contributed by atoms with Crippen molar-refractivity contribution in [2.45, 2.75) is 58.5 Å². The monoisotopic (exact) mass is 387 g/mol. The normalized spacial score (nSPS) is 18.7. The summed E-state index contributed by atoms with van der Waals surface area (Å²) >= 11 is 1.66. The van der Waals surface area contributed by atoms with E-state index in [4.69, 9.17) is 4.74 Å². The second-order valence-electron chi connectivity index (χ2n) is 7.19. The van der Waals surface area contributed by atoms with E-state index in [1.807, 2.05) is 37.8 Å². The number of methoxy groups -OCH3 is 1. The van der Waals surface area contributed by atoms with Crippen LogP contribution in [0.25, 0.3) is 0 Å². The first kappa shape index (κ1) is 19.7. The molecule has 0 radical (unpaired) electrons. The van der Waals surface area contributed by atoms with E-state index in [1.165, 1.54) is 12.0 Å². The SMILES string of the molecule is COc1ccc([C@@H]2CCCCCN2C(=O)N[C@@H](C)c2sc(C)nc2C)cc1. The molecule has 0 aliphatic carbocycles. The van der Waals surface area contributed by atoms with Gasteiger partial charge >= 0.3 is 6.03 Å². The Balaban J connectivity index is 1.77. The van der Waals surface area contributed by atoms with E-state index in [9.17, 15) is 4.79 Å². The maximum absolute atomic E-state index is 13.1. The van der Waals surface area contributed by atoms with Crippen molar-refractivity contribution >= 4 is 17.4 Å². The second kappa shape index (κ2) is 8.74. The van der Waals surface area contributed by atoms with Crippen LogP contribution >= 0.6 is 11.3 Å². The Hall–Kier alpha value is -2.08. The molecule has 1 fully saturated rings. The lowest BCUT2D eigenvalue weighted by molar-refractivity contribution is 0.173. The molecule has 2 amide bonds. The van der Waals surface area contributed by atoms with Crippen molar-refractivity contribution in [1.29, 1.82) is 0 Å². The molecule has 2 aromatic rings. The van der Waals surface area contributed by atoms with Gasteiger partial charge in [0.05, 0.1) is 29.9 Å². The summed E-state index contributed by atoms with van der Waals surface area (Å²) in [7, 11) is 1.67. The molecular formula is C21H29N3O2S. The number of urea groups is 1. The van der Waals surface area contributed by atoms with Crippen molar-refractivity contribution in [2.24, 2.45) is 0 Å². The number of rotatable bonds is 4. The van der Waals surface area contributed by atoms with Crippen molar-refractivity contribution < 1.29 is 9.53 Å². The number of ether oxygens (including phenoxy) is 1. The predicted molar refractivity (Wildman–Crippen MR) is 109 cm³/mol. The van der Waals surface area contributed by atoms with E-state index in [2.05, 4.69) is 22.4 Å². The fourth-order valence-corrected chi connectivity index (χ4v) is 4.74. The fourth-order valence-electron chi connectivity index (χ4n) is 3.81. The topological polar surface area (TPSA) is 54.5 Å². The largest absolute Gasteiger partial charge is 0.497 e. The molecular weight excluding hydrogens is 358 g/mol. The number of hydrogen-bond acceptors (Lipinski definition) is 4. The Bertz CT molecular complexity index is 772. The Morgan fingerprint density at radius 1 is 1.26 bits per heavy atom. The number of aryl methyl sites for hydroxylation is 2. The molecule has 5 nitrogen and oxygen atoms in total. The van der Waals surface area contributed by atoms with Gasteiger partial charge in [0.2, 0.25) is 0 Å². The van der Waals surface area contributed by atoms with Gasteiger partial charge in [-0.1, -0.05) is 25.0 Å². The summed E-state index contributed by atoms with van der Waals surface area (Å²) in [6.45, 7) is 6.84. The van der Waals surface area contributed by atoms with Crippen LogP contribution in [-0.4, -0.2) is 29.6 Å². The van der Waals surface area contributed by atoms with Gasteiger partial charge in [-0.05, 0) is 51.3 Å². The summed E-state index contributed by atoms with van der Waals surface area (Å²) in [5.74, 6) is 0.841. The first-order valence-electron chi connectivity index (χ1n) is 9.64. The van der Waals surface area contributed by atoms with Crippen LogP contribution in [0.1, 0.15) is 65.8 Å². The van der Waals surface area contributed by atoms with Gasteiger partial charge in [0.25, 0.3) is 0 Å². The summed E-state index contributed by atoms with van der Waals surface area (Å²) in [6, 6.07) is 8.18. The zero-order valence-corrected chi connectivity index (χ0v) is 17.4. The van der Waals surface area contributed by atoms with Crippen LogP contribution in [0.4, 0.5) is 4.79 Å². The van der Waals surface area contributed by atoms with Gasteiger partial charge in [-0.15, -0.1) is 11.3 Å².